The average Bonchev–Trinajstić information content (AvgIpc) is 3.26. The topological polar surface area (TPSA) is 276 Å². The van der Waals surface area contributed by atoms with Gasteiger partial charge in [-0.25, -0.2) is 9.13 Å². The summed E-state index contributed by atoms with van der Waals surface area (Å²) in [5, 5.41) is 51.5. The van der Waals surface area contributed by atoms with Crippen molar-refractivity contribution >= 4 is 27.6 Å². The summed E-state index contributed by atoms with van der Waals surface area (Å²) in [7, 11) is -10.7. The summed E-state index contributed by atoms with van der Waals surface area (Å²) >= 11 is 0. The molecule has 0 heterocycles. The predicted molar refractivity (Wildman–Crippen MR) is 252 cm³/mol. The van der Waals surface area contributed by atoms with Crippen molar-refractivity contribution in [3.05, 3.63) is 60.8 Å². The maximum Gasteiger partial charge on any atom is 0.472 e. The molecule has 0 aromatic heterocycles. The average molecular weight is 981 g/mol. The standard InChI is InChI=1S/C47H82O17P2/c1-3-5-7-9-11-13-15-17-18-20-22-24-26-28-30-34-41(50)62-39(37-61-66(58,59)64-47-44(53)42(51)43(52)46(45(47)54)63-65(55,56)57)36-60-40(49)35-31-33-38(48)32-29-27-25-23-21-19-16-14-12-10-8-6-4-2/h6,8,12,14,19,21,25,27,29,32,38-39,42-48,51-54H,3-5,7,9-11,13,15-18,20,22-24,26,28,30-31,33-37H2,1-2H3,(H,58,59)(H2,55,56,57)/b8-6-,14-12-,21-19-,27-25-,32-29+/t38?,39-,42?,43?,44?,45?,46-,47+/m1/s1. The number of rotatable bonds is 39. The van der Waals surface area contributed by atoms with Gasteiger partial charge in [0.05, 0.1) is 12.7 Å². The number of phosphoric acid groups is 2. The van der Waals surface area contributed by atoms with Gasteiger partial charge in [0.15, 0.2) is 6.10 Å². The number of phosphoric ester groups is 2. The van der Waals surface area contributed by atoms with E-state index in [2.05, 4.69) is 48.8 Å². The zero-order valence-electron chi connectivity index (χ0n) is 39.2. The monoisotopic (exact) mass is 981 g/mol. The molecule has 6 unspecified atom stereocenters. The molecule has 1 aliphatic carbocycles. The van der Waals surface area contributed by atoms with E-state index in [1.54, 1.807) is 12.2 Å². The Balaban J connectivity index is 2.67. The fraction of sp³-hybridized carbons (Fsp3) is 0.745. The van der Waals surface area contributed by atoms with Crippen LogP contribution in [-0.4, -0.2) is 114 Å². The molecule has 8 N–H and O–H groups in total. The first-order valence-electron chi connectivity index (χ1n) is 23.9. The zero-order chi connectivity index (χ0) is 49.1. The molecule has 0 aromatic carbocycles. The van der Waals surface area contributed by atoms with Crippen LogP contribution < -0.4 is 0 Å². The van der Waals surface area contributed by atoms with Crippen LogP contribution in [0.5, 0.6) is 0 Å². The molecule has 17 nitrogen and oxygen atoms in total. The highest BCUT2D eigenvalue weighted by molar-refractivity contribution is 7.47. The van der Waals surface area contributed by atoms with Crippen molar-refractivity contribution in [1.82, 2.24) is 0 Å². The van der Waals surface area contributed by atoms with Gasteiger partial charge in [-0.15, -0.1) is 0 Å². The smallest absolute Gasteiger partial charge is 0.462 e. The lowest BCUT2D eigenvalue weighted by Gasteiger charge is -2.43. The Labute approximate surface area is 392 Å². The van der Waals surface area contributed by atoms with E-state index in [1.807, 2.05) is 18.2 Å². The summed E-state index contributed by atoms with van der Waals surface area (Å²) in [5.41, 5.74) is 0. The van der Waals surface area contributed by atoms with E-state index in [9.17, 15) is 58.9 Å². The van der Waals surface area contributed by atoms with Gasteiger partial charge < -0.3 is 49.7 Å². The highest BCUT2D eigenvalue weighted by Crippen LogP contribution is 2.49. The van der Waals surface area contributed by atoms with Crippen molar-refractivity contribution < 1.29 is 82.0 Å². The minimum Gasteiger partial charge on any atom is -0.462 e. The number of ether oxygens (including phenoxy) is 2. The Morgan fingerprint density at radius 2 is 1.05 bits per heavy atom. The number of allylic oxidation sites excluding steroid dienone is 9. The molecule has 1 rings (SSSR count). The van der Waals surface area contributed by atoms with Crippen LogP contribution in [-0.2, 0) is 41.8 Å². The van der Waals surface area contributed by atoms with Crippen LogP contribution in [0.25, 0.3) is 0 Å². The number of aliphatic hydroxyl groups excluding tert-OH is 5. The Morgan fingerprint density at radius 3 is 1.58 bits per heavy atom. The van der Waals surface area contributed by atoms with Crippen LogP contribution in [0.1, 0.15) is 162 Å². The largest absolute Gasteiger partial charge is 0.472 e. The van der Waals surface area contributed by atoms with Gasteiger partial charge in [0.1, 0.15) is 43.2 Å². The van der Waals surface area contributed by atoms with Crippen molar-refractivity contribution in [2.24, 2.45) is 0 Å². The lowest BCUT2D eigenvalue weighted by Crippen LogP contribution is -2.64. The van der Waals surface area contributed by atoms with Crippen LogP contribution >= 0.6 is 15.6 Å². The minimum absolute atomic E-state index is 0.00391. The van der Waals surface area contributed by atoms with Crippen LogP contribution in [0.4, 0.5) is 0 Å². The first-order valence-corrected chi connectivity index (χ1v) is 27.0. The Hall–Kier alpha value is -2.34. The van der Waals surface area contributed by atoms with E-state index in [0.717, 1.165) is 51.4 Å². The Morgan fingerprint density at radius 1 is 0.561 bits per heavy atom. The van der Waals surface area contributed by atoms with Gasteiger partial charge in [-0.1, -0.05) is 164 Å². The number of carbonyl (C=O) groups is 2. The minimum atomic E-state index is -5.38. The second-order valence-corrected chi connectivity index (χ2v) is 19.3. The number of aliphatic hydroxyl groups is 5. The molecular weight excluding hydrogens is 898 g/mol. The number of unbranched alkanes of at least 4 members (excludes halogenated alkanes) is 14. The Kier molecular flexibility index (Phi) is 35.1. The van der Waals surface area contributed by atoms with Crippen molar-refractivity contribution in [2.45, 2.75) is 210 Å². The fourth-order valence-corrected chi connectivity index (χ4v) is 8.53. The van der Waals surface area contributed by atoms with Crippen LogP contribution in [0.2, 0.25) is 0 Å². The summed E-state index contributed by atoms with van der Waals surface area (Å²) in [6, 6.07) is 0. The fourth-order valence-electron chi connectivity index (χ4n) is 7.00. The maximum absolute atomic E-state index is 13.0. The van der Waals surface area contributed by atoms with Gasteiger partial charge >= 0.3 is 27.6 Å². The van der Waals surface area contributed by atoms with Crippen molar-refractivity contribution in [1.29, 1.82) is 0 Å². The normalized spacial score (nSPS) is 22.5. The molecule has 0 spiro atoms. The third-order valence-electron chi connectivity index (χ3n) is 10.7. The van der Waals surface area contributed by atoms with E-state index < -0.39 is 89.6 Å². The molecule has 0 saturated heterocycles. The zero-order valence-corrected chi connectivity index (χ0v) is 41.0. The summed E-state index contributed by atoms with van der Waals surface area (Å²) < 4.78 is 49.2. The van der Waals surface area contributed by atoms with E-state index in [4.69, 9.17) is 18.5 Å². The number of hydrogen-bond donors (Lipinski definition) is 8. The lowest BCUT2D eigenvalue weighted by atomic mass is 9.85. The second-order valence-electron chi connectivity index (χ2n) is 16.7. The van der Waals surface area contributed by atoms with Crippen molar-refractivity contribution in [3.63, 3.8) is 0 Å². The van der Waals surface area contributed by atoms with Gasteiger partial charge in [0, 0.05) is 12.8 Å². The van der Waals surface area contributed by atoms with Gasteiger partial charge in [0.25, 0.3) is 0 Å². The second kappa shape index (κ2) is 37.5. The van der Waals surface area contributed by atoms with E-state index in [0.29, 0.717) is 6.42 Å². The molecule has 9 atom stereocenters. The molecule has 1 fully saturated rings. The summed E-state index contributed by atoms with van der Waals surface area (Å²) in [5.74, 6) is -1.41. The third kappa shape index (κ3) is 31.7. The molecule has 19 heteroatoms. The number of esters is 2. The Bertz CT molecular complexity index is 1530. The van der Waals surface area contributed by atoms with E-state index >= 15 is 0 Å². The summed E-state index contributed by atoms with van der Waals surface area (Å²) in [4.78, 5) is 54.3. The first kappa shape index (κ1) is 61.7. The van der Waals surface area contributed by atoms with Gasteiger partial charge in [0.2, 0.25) is 0 Å². The predicted octanol–water partition coefficient (Wildman–Crippen LogP) is 8.03. The highest BCUT2D eigenvalue weighted by Gasteiger charge is 2.54. The summed E-state index contributed by atoms with van der Waals surface area (Å²) in [6.07, 6.45) is 24.9. The molecule has 382 valence electrons. The van der Waals surface area contributed by atoms with Crippen LogP contribution in [0, 0.1) is 0 Å². The van der Waals surface area contributed by atoms with Crippen molar-refractivity contribution in [2.75, 3.05) is 13.2 Å². The SMILES string of the molecule is CC/C=C\C/C=C\C/C=C\C/C=C\C=C\C(O)CCCC(=O)OC[C@H](COP(=O)(O)O[C@H]1C(O)C(O)C(O)[C@@H](OP(=O)(O)O)C1O)OC(=O)CCCCCCCCCCCCCCCCC. The molecule has 0 aliphatic heterocycles. The first-order chi connectivity index (χ1) is 31.5. The van der Waals surface area contributed by atoms with E-state index in [1.165, 1.54) is 64.2 Å². The quantitative estimate of drug-likeness (QED) is 0.00951. The van der Waals surface area contributed by atoms with Crippen molar-refractivity contribution in [3.8, 4) is 0 Å². The van der Waals surface area contributed by atoms with Gasteiger partial charge in [-0.2, -0.15) is 0 Å². The third-order valence-corrected chi connectivity index (χ3v) is 12.2. The molecule has 0 radical (unpaired) electrons. The highest BCUT2D eigenvalue weighted by atomic mass is 31.2. The lowest BCUT2D eigenvalue weighted by molar-refractivity contribution is -0.216. The van der Waals surface area contributed by atoms with Crippen LogP contribution in [0.3, 0.4) is 0 Å². The van der Waals surface area contributed by atoms with E-state index in [-0.39, 0.29) is 25.7 Å². The number of carbonyl (C=O) groups excluding carboxylic acids is 2. The molecule has 0 aromatic rings. The molecule has 1 aliphatic rings. The molecule has 0 bridgehead atoms. The number of hydrogen-bond acceptors (Lipinski definition) is 14. The van der Waals surface area contributed by atoms with Gasteiger partial charge in [-0.05, 0) is 44.9 Å². The summed E-state index contributed by atoms with van der Waals surface area (Å²) in [6.45, 7) is 2.83. The maximum atomic E-state index is 13.0. The van der Waals surface area contributed by atoms with Crippen LogP contribution in [0.15, 0.2) is 60.8 Å². The molecule has 66 heavy (non-hydrogen) atoms. The molecular formula is C47H82O17P2. The molecule has 0 amide bonds. The van der Waals surface area contributed by atoms with Gasteiger partial charge in [-0.3, -0.25) is 23.2 Å². The molecule has 1 saturated carbocycles.